The van der Waals surface area contributed by atoms with Crippen molar-refractivity contribution < 1.29 is 14.2 Å². The first-order valence-corrected chi connectivity index (χ1v) is 5.31. The number of hydrogen-bond donors (Lipinski definition) is 1. The fourth-order valence-corrected chi connectivity index (χ4v) is 2.12. The van der Waals surface area contributed by atoms with Gasteiger partial charge in [0.05, 0.1) is 0 Å². The molecule has 0 aliphatic heterocycles. The smallest absolute Gasteiger partial charge is 0.248 e. The Morgan fingerprint density at radius 3 is 1.91 bits per heavy atom. The van der Waals surface area contributed by atoms with Crippen LogP contribution in [-0.2, 0) is 14.2 Å². The average Bonchev–Trinajstić information content (AvgIpc) is 2.08. The summed E-state index contributed by atoms with van der Waals surface area (Å²) in [5.41, 5.74) is 4.60. The van der Waals surface area contributed by atoms with Crippen LogP contribution < -0.4 is 5.73 Å². The Labute approximate surface area is 69.8 Å². The molecule has 2 N–H and O–H groups in total. The molecule has 0 aromatic carbocycles. The number of nitrogens with two attached hydrogens (primary N) is 1. The average molecular weight is 179 g/mol. The second kappa shape index (κ2) is 5.67. The highest BCUT2D eigenvalue weighted by Gasteiger charge is 2.28. The van der Waals surface area contributed by atoms with E-state index in [1.165, 1.54) is 0 Å². The van der Waals surface area contributed by atoms with Crippen LogP contribution >= 0.6 is 0 Å². The molecule has 5 heteroatoms. The molecule has 0 aromatic heterocycles. The van der Waals surface area contributed by atoms with Crippen molar-refractivity contribution in [3.8, 4) is 0 Å². The van der Waals surface area contributed by atoms with E-state index in [0.29, 0.717) is 6.54 Å². The van der Waals surface area contributed by atoms with Gasteiger partial charge in [0.1, 0.15) is 9.52 Å². The van der Waals surface area contributed by atoms with Crippen molar-refractivity contribution in [3.63, 3.8) is 0 Å². The third-order valence-electron chi connectivity index (χ3n) is 1.62. The molecule has 0 atom stereocenters. The van der Waals surface area contributed by atoms with E-state index in [-0.39, 0.29) is 0 Å². The molecule has 0 saturated heterocycles. The molecule has 0 radical (unpaired) electrons. The Kier molecular flexibility index (Phi) is 5.70. The van der Waals surface area contributed by atoms with E-state index in [4.69, 9.17) is 19.9 Å². The minimum absolute atomic E-state index is 0.573. The van der Waals surface area contributed by atoms with Crippen LogP contribution in [0, 0.1) is 0 Å². The third-order valence-corrected chi connectivity index (χ3v) is 3.86. The van der Waals surface area contributed by atoms with Gasteiger partial charge in [-0.05, 0) is 12.6 Å². The summed E-state index contributed by atoms with van der Waals surface area (Å²) in [5.74, 6) is 0. The van der Waals surface area contributed by atoms with Gasteiger partial charge >= 0.3 is 0 Å². The normalized spacial score (nSPS) is 13.1. The zero-order valence-corrected chi connectivity index (χ0v) is 8.84. The molecule has 0 bridgehead atoms. The van der Waals surface area contributed by atoms with Crippen LogP contribution in [0.5, 0.6) is 0 Å². The monoisotopic (exact) mass is 179 g/mol. The van der Waals surface area contributed by atoms with Crippen LogP contribution in [0.3, 0.4) is 0 Å². The molecular weight excluding hydrogens is 162 g/mol. The van der Waals surface area contributed by atoms with Gasteiger partial charge < -0.3 is 19.9 Å². The zero-order valence-electron chi connectivity index (χ0n) is 7.42. The molecule has 0 aromatic rings. The van der Waals surface area contributed by atoms with Crippen molar-refractivity contribution in [2.24, 2.45) is 5.73 Å². The Morgan fingerprint density at radius 2 is 1.64 bits per heavy atom. The van der Waals surface area contributed by atoms with E-state index in [9.17, 15) is 0 Å². The Balaban J connectivity index is 3.84. The maximum atomic E-state index is 5.37. The van der Waals surface area contributed by atoms with Gasteiger partial charge in [0, 0.05) is 21.3 Å². The molecule has 68 valence electrons. The first kappa shape index (κ1) is 11.1. The van der Waals surface area contributed by atoms with Crippen molar-refractivity contribution in [1.82, 2.24) is 0 Å². The fraction of sp³-hybridized carbons (Fsp3) is 1.00. The first-order chi connectivity index (χ1) is 5.24. The summed E-state index contributed by atoms with van der Waals surface area (Å²) in [6.07, 6.45) is 0. The van der Waals surface area contributed by atoms with E-state index in [1.807, 2.05) is 0 Å². The number of hydrogen-bond acceptors (Lipinski definition) is 4. The summed E-state index contributed by atoms with van der Waals surface area (Å²) in [6, 6.07) is 0.954. The second-order valence-corrected chi connectivity index (χ2v) is 4.26. The molecule has 0 heterocycles. The van der Waals surface area contributed by atoms with E-state index in [2.05, 4.69) is 0 Å². The van der Waals surface area contributed by atoms with Gasteiger partial charge in [0.2, 0.25) is 5.60 Å². The van der Waals surface area contributed by atoms with Crippen molar-refractivity contribution in [3.05, 3.63) is 0 Å². The lowest BCUT2D eigenvalue weighted by molar-refractivity contribution is -0.294. The predicted octanol–water partition coefficient (Wildman–Crippen LogP) is -0.917. The highest BCUT2D eigenvalue weighted by atomic mass is 28.2. The second-order valence-electron chi connectivity index (χ2n) is 2.19. The van der Waals surface area contributed by atoms with Crippen LogP contribution in [0.2, 0.25) is 6.04 Å². The summed E-state index contributed by atoms with van der Waals surface area (Å²) in [7, 11) is 4.17. The molecule has 0 aliphatic rings. The van der Waals surface area contributed by atoms with Gasteiger partial charge in [0.15, 0.2) is 0 Å². The fourth-order valence-electron chi connectivity index (χ4n) is 0.875. The summed E-state index contributed by atoms with van der Waals surface area (Å²) < 4.78 is 15.3. The van der Waals surface area contributed by atoms with E-state index < -0.39 is 15.1 Å². The number of rotatable bonds is 6. The van der Waals surface area contributed by atoms with Crippen LogP contribution in [0.1, 0.15) is 0 Å². The molecular formula is C6H17NO3Si. The maximum absolute atomic E-state index is 5.37. The lowest BCUT2D eigenvalue weighted by Crippen LogP contribution is -2.43. The van der Waals surface area contributed by atoms with Crippen LogP contribution in [0.25, 0.3) is 0 Å². The van der Waals surface area contributed by atoms with Crippen molar-refractivity contribution >= 4 is 9.52 Å². The molecule has 11 heavy (non-hydrogen) atoms. The molecule has 0 spiro atoms. The van der Waals surface area contributed by atoms with Gasteiger partial charge in [-0.2, -0.15) is 0 Å². The number of ether oxygens (including phenoxy) is 3. The highest BCUT2D eigenvalue weighted by Crippen LogP contribution is 2.10. The topological polar surface area (TPSA) is 53.7 Å². The zero-order chi connectivity index (χ0) is 8.74. The Bertz CT molecular complexity index is 89.6. The molecule has 0 amide bonds. The van der Waals surface area contributed by atoms with E-state index in [0.717, 1.165) is 6.04 Å². The molecule has 0 rings (SSSR count). The summed E-state index contributed by atoms with van der Waals surface area (Å²) in [6.45, 7) is 0.671. The van der Waals surface area contributed by atoms with E-state index in [1.54, 1.807) is 21.3 Å². The molecule has 0 saturated carbocycles. The van der Waals surface area contributed by atoms with Crippen molar-refractivity contribution in [2.75, 3.05) is 27.9 Å². The first-order valence-electron chi connectivity index (χ1n) is 3.60. The Morgan fingerprint density at radius 1 is 1.18 bits per heavy atom. The van der Waals surface area contributed by atoms with Crippen molar-refractivity contribution in [1.29, 1.82) is 0 Å². The molecule has 4 nitrogen and oxygen atoms in total. The van der Waals surface area contributed by atoms with Crippen LogP contribution in [-0.4, -0.2) is 43.0 Å². The minimum atomic E-state index is -0.765. The third kappa shape index (κ3) is 3.30. The van der Waals surface area contributed by atoms with Gasteiger partial charge in [-0.15, -0.1) is 0 Å². The lowest BCUT2D eigenvalue weighted by atomic mass is 10.8. The van der Waals surface area contributed by atoms with Crippen molar-refractivity contribution in [2.45, 2.75) is 11.6 Å². The van der Waals surface area contributed by atoms with Gasteiger partial charge in [-0.3, -0.25) is 0 Å². The Hall–Kier alpha value is 0.0569. The largest absolute Gasteiger partial charge is 0.335 e. The maximum Gasteiger partial charge on any atom is 0.248 e. The summed E-state index contributed by atoms with van der Waals surface area (Å²) in [4.78, 5) is 0. The molecule has 0 fully saturated rings. The van der Waals surface area contributed by atoms with Crippen LogP contribution in [0.15, 0.2) is 0 Å². The number of methoxy groups -OCH3 is 3. The van der Waals surface area contributed by atoms with E-state index >= 15 is 0 Å². The predicted molar refractivity (Wildman–Crippen MR) is 46.2 cm³/mol. The molecule has 0 aliphatic carbocycles. The summed E-state index contributed by atoms with van der Waals surface area (Å²) in [5, 5.41) is 0. The summed E-state index contributed by atoms with van der Waals surface area (Å²) >= 11 is 0. The highest BCUT2D eigenvalue weighted by molar-refractivity contribution is 6.38. The van der Waals surface area contributed by atoms with Gasteiger partial charge in [0.25, 0.3) is 0 Å². The standard InChI is InChI=1S/C6H17NO3Si/c1-8-6(9-2,10-3)11-5-4-7/h4-5,7,11H2,1-3H3. The van der Waals surface area contributed by atoms with Gasteiger partial charge in [-0.25, -0.2) is 0 Å². The van der Waals surface area contributed by atoms with Crippen LogP contribution in [0.4, 0.5) is 0 Å². The lowest BCUT2D eigenvalue weighted by Gasteiger charge is -2.28. The minimum Gasteiger partial charge on any atom is -0.335 e. The SMILES string of the molecule is COC(OC)(OC)[SiH2]CCN. The molecule has 0 unspecified atom stereocenters. The quantitative estimate of drug-likeness (QED) is 0.423. The van der Waals surface area contributed by atoms with Gasteiger partial charge in [-0.1, -0.05) is 0 Å².